The molecule has 6 atom stereocenters. The molecule has 0 bridgehead atoms. The van der Waals surface area contributed by atoms with Crippen LogP contribution in [0.4, 0.5) is 0 Å². The van der Waals surface area contributed by atoms with Gasteiger partial charge in [-0.25, -0.2) is 0 Å². The third kappa shape index (κ3) is 1.75. The van der Waals surface area contributed by atoms with Crippen LogP contribution in [-0.4, -0.2) is 16.4 Å². The first-order valence-electron chi connectivity index (χ1n) is 9.76. The van der Waals surface area contributed by atoms with Crippen LogP contribution in [0.3, 0.4) is 0 Å². The third-order valence-corrected chi connectivity index (χ3v) is 8.38. The molecular formula is C21H29NO2. The Labute approximate surface area is 144 Å². The fraction of sp³-hybridized carbons (Fsp3) is 0.762. The summed E-state index contributed by atoms with van der Waals surface area (Å²) in [6.07, 6.45) is 10.3. The average molecular weight is 327 g/mol. The highest BCUT2D eigenvalue weighted by atomic mass is 16.5. The number of aliphatic hydroxyl groups is 1. The van der Waals surface area contributed by atoms with Gasteiger partial charge in [0, 0.05) is 17.4 Å². The number of aryl methyl sites for hydroxylation is 1. The second-order valence-electron chi connectivity index (χ2n) is 9.38. The highest BCUT2D eigenvalue weighted by Crippen LogP contribution is 2.64. The molecule has 0 spiro atoms. The van der Waals surface area contributed by atoms with Crippen LogP contribution in [0.2, 0.25) is 0 Å². The number of rotatable bonds is 0. The van der Waals surface area contributed by atoms with Crippen LogP contribution in [0.25, 0.3) is 0 Å². The van der Waals surface area contributed by atoms with E-state index >= 15 is 0 Å². The smallest absolute Gasteiger partial charge is 0.141 e. The first-order valence-corrected chi connectivity index (χ1v) is 9.76. The normalized spacial score (nSPS) is 46.6. The summed E-state index contributed by atoms with van der Waals surface area (Å²) < 4.78 is 5.69. The van der Waals surface area contributed by atoms with Crippen LogP contribution in [0, 0.1) is 30.1 Å². The Hall–Kier alpha value is -1.09. The van der Waals surface area contributed by atoms with Crippen LogP contribution in [0.5, 0.6) is 0 Å². The van der Waals surface area contributed by atoms with Crippen molar-refractivity contribution in [2.45, 2.75) is 77.2 Å². The van der Waals surface area contributed by atoms with Gasteiger partial charge in [-0.15, -0.1) is 0 Å². The molecule has 1 N–H and O–H groups in total. The molecule has 0 aromatic carbocycles. The number of allylic oxidation sites excluding steroid dienone is 1. The monoisotopic (exact) mass is 327 g/mol. The van der Waals surface area contributed by atoms with Crippen molar-refractivity contribution < 1.29 is 9.63 Å². The summed E-state index contributed by atoms with van der Waals surface area (Å²) in [6.45, 7) is 7.07. The molecule has 2 saturated carbocycles. The maximum Gasteiger partial charge on any atom is 0.141 e. The van der Waals surface area contributed by atoms with Crippen molar-refractivity contribution in [3.63, 3.8) is 0 Å². The molecule has 130 valence electrons. The minimum atomic E-state index is -0.112. The fourth-order valence-corrected chi connectivity index (χ4v) is 7.14. The number of hydrogen-bond donors (Lipinski definition) is 1. The highest BCUT2D eigenvalue weighted by molar-refractivity contribution is 5.40. The number of hydrogen-bond acceptors (Lipinski definition) is 3. The van der Waals surface area contributed by atoms with Gasteiger partial charge in [-0.05, 0) is 68.6 Å². The van der Waals surface area contributed by atoms with Gasteiger partial charge in [0.25, 0.3) is 0 Å². The molecule has 5 rings (SSSR count). The second-order valence-corrected chi connectivity index (χ2v) is 9.38. The number of nitrogens with zero attached hydrogens (tertiary/aromatic N) is 1. The fourth-order valence-electron chi connectivity index (χ4n) is 7.14. The molecule has 1 aromatic heterocycles. The van der Waals surface area contributed by atoms with Gasteiger partial charge in [0.15, 0.2) is 0 Å². The van der Waals surface area contributed by atoms with E-state index in [2.05, 4.69) is 32.0 Å². The van der Waals surface area contributed by atoms with Crippen LogP contribution in [-0.2, 0) is 11.8 Å². The standard InChI is InChI=1S/C21H29NO2/c1-12-19-18(24-22-12)11-17-15-5-4-13-10-14(23)6-8-20(13,2)16(15)7-9-21(17,19)3/h4,14-17,23H,5-11H2,1-3H3/t14-,15+,16+,17-,20+,21+/m1/s1. The van der Waals surface area contributed by atoms with E-state index in [-0.39, 0.29) is 11.5 Å². The van der Waals surface area contributed by atoms with E-state index in [1.165, 1.54) is 30.6 Å². The molecule has 1 heterocycles. The Bertz CT molecular complexity index is 719. The predicted molar refractivity (Wildman–Crippen MR) is 92.7 cm³/mol. The van der Waals surface area contributed by atoms with Gasteiger partial charge in [0.1, 0.15) is 5.76 Å². The van der Waals surface area contributed by atoms with Gasteiger partial charge in [-0.1, -0.05) is 30.7 Å². The first-order chi connectivity index (χ1) is 11.4. The summed E-state index contributed by atoms with van der Waals surface area (Å²) in [4.78, 5) is 0. The summed E-state index contributed by atoms with van der Waals surface area (Å²) in [5.41, 5.74) is 4.69. The molecule has 1 aromatic rings. The molecule has 4 aliphatic carbocycles. The van der Waals surface area contributed by atoms with Crippen molar-refractivity contribution in [1.29, 1.82) is 0 Å². The van der Waals surface area contributed by atoms with Gasteiger partial charge in [-0.2, -0.15) is 0 Å². The molecule has 3 nitrogen and oxygen atoms in total. The molecule has 0 radical (unpaired) electrons. The lowest BCUT2D eigenvalue weighted by Crippen LogP contribution is -2.51. The summed E-state index contributed by atoms with van der Waals surface area (Å²) >= 11 is 0. The Morgan fingerprint density at radius 2 is 1.92 bits per heavy atom. The zero-order valence-electron chi connectivity index (χ0n) is 15.1. The molecule has 0 amide bonds. The lowest BCUT2D eigenvalue weighted by molar-refractivity contribution is -0.0172. The molecule has 3 heteroatoms. The second kappa shape index (κ2) is 4.75. The van der Waals surface area contributed by atoms with Crippen molar-refractivity contribution in [2.24, 2.45) is 23.2 Å². The van der Waals surface area contributed by atoms with E-state index in [0.29, 0.717) is 11.3 Å². The van der Waals surface area contributed by atoms with Gasteiger partial charge < -0.3 is 9.63 Å². The van der Waals surface area contributed by atoms with Crippen LogP contribution >= 0.6 is 0 Å². The van der Waals surface area contributed by atoms with Crippen LogP contribution in [0.15, 0.2) is 16.2 Å². The van der Waals surface area contributed by atoms with Gasteiger partial charge in [0.05, 0.1) is 11.8 Å². The Balaban J connectivity index is 1.54. The Morgan fingerprint density at radius 1 is 1.12 bits per heavy atom. The Morgan fingerprint density at radius 3 is 2.75 bits per heavy atom. The summed E-state index contributed by atoms with van der Waals surface area (Å²) in [5, 5.41) is 14.4. The molecule has 4 aliphatic rings. The number of aliphatic hydroxyl groups excluding tert-OH is 1. The lowest BCUT2D eigenvalue weighted by atomic mass is 9.47. The lowest BCUT2D eigenvalue weighted by Gasteiger charge is -2.57. The minimum Gasteiger partial charge on any atom is -0.393 e. The van der Waals surface area contributed by atoms with Crippen molar-refractivity contribution >= 4 is 0 Å². The quantitative estimate of drug-likeness (QED) is 0.722. The first kappa shape index (κ1) is 15.2. The largest absolute Gasteiger partial charge is 0.393 e. The number of aromatic nitrogens is 1. The molecule has 0 saturated heterocycles. The van der Waals surface area contributed by atoms with Crippen molar-refractivity contribution in [3.05, 3.63) is 28.7 Å². The highest BCUT2D eigenvalue weighted by Gasteiger charge is 2.58. The molecule has 0 unspecified atom stereocenters. The van der Waals surface area contributed by atoms with E-state index in [1.807, 2.05) is 0 Å². The topological polar surface area (TPSA) is 46.3 Å². The van der Waals surface area contributed by atoms with E-state index in [9.17, 15) is 5.11 Å². The number of fused-ring (bicyclic) bond motifs is 7. The predicted octanol–water partition coefficient (Wildman–Crippen LogP) is 4.32. The molecular weight excluding hydrogens is 298 g/mol. The maximum atomic E-state index is 10.1. The minimum absolute atomic E-state index is 0.112. The van der Waals surface area contributed by atoms with Crippen LogP contribution in [0.1, 0.15) is 69.4 Å². The molecule has 2 fully saturated rings. The Kier molecular flexibility index (Phi) is 3.01. The van der Waals surface area contributed by atoms with Gasteiger partial charge >= 0.3 is 0 Å². The summed E-state index contributed by atoms with van der Waals surface area (Å²) in [5.74, 6) is 3.41. The zero-order chi connectivity index (χ0) is 16.7. The van der Waals surface area contributed by atoms with E-state index < -0.39 is 0 Å². The third-order valence-electron chi connectivity index (χ3n) is 8.38. The summed E-state index contributed by atoms with van der Waals surface area (Å²) in [7, 11) is 0. The molecule has 0 aliphatic heterocycles. The maximum absolute atomic E-state index is 10.1. The summed E-state index contributed by atoms with van der Waals surface area (Å²) in [6, 6.07) is 0. The van der Waals surface area contributed by atoms with E-state index in [1.54, 1.807) is 5.57 Å². The SMILES string of the molecule is Cc1noc2c1[C@@]1(C)CC[C@H]3[C@H](CC=C4C[C@H](O)CC[C@@]43C)[C@H]1C2. The van der Waals surface area contributed by atoms with E-state index in [4.69, 9.17) is 4.52 Å². The van der Waals surface area contributed by atoms with Gasteiger partial charge in [-0.3, -0.25) is 0 Å². The van der Waals surface area contributed by atoms with Crippen molar-refractivity contribution in [2.75, 3.05) is 0 Å². The zero-order valence-corrected chi connectivity index (χ0v) is 15.1. The van der Waals surface area contributed by atoms with Crippen molar-refractivity contribution in [1.82, 2.24) is 5.16 Å². The van der Waals surface area contributed by atoms with Gasteiger partial charge in [0.2, 0.25) is 0 Å². The van der Waals surface area contributed by atoms with E-state index in [0.717, 1.165) is 43.2 Å². The van der Waals surface area contributed by atoms with Crippen LogP contribution < -0.4 is 0 Å². The van der Waals surface area contributed by atoms with Crippen molar-refractivity contribution in [3.8, 4) is 0 Å². The molecule has 24 heavy (non-hydrogen) atoms. The average Bonchev–Trinajstić information content (AvgIpc) is 3.06.